The first-order chi connectivity index (χ1) is 11.3. The molecule has 2 rings (SSSR count). The van der Waals surface area contributed by atoms with Crippen LogP contribution in [0.3, 0.4) is 0 Å². The summed E-state index contributed by atoms with van der Waals surface area (Å²) < 4.78 is 5.50. The fourth-order valence-electron chi connectivity index (χ4n) is 2.55. The van der Waals surface area contributed by atoms with Crippen molar-refractivity contribution in [1.82, 2.24) is 15.5 Å². The van der Waals surface area contributed by atoms with Crippen molar-refractivity contribution in [2.75, 3.05) is 57.9 Å². The largest absolute Gasteiger partial charge is 0.379 e. The lowest BCUT2D eigenvalue weighted by Gasteiger charge is -2.33. The van der Waals surface area contributed by atoms with E-state index in [0.29, 0.717) is 6.04 Å². The average Bonchev–Trinajstić information content (AvgIpc) is 3.10. The first kappa shape index (κ1) is 18.6. The van der Waals surface area contributed by atoms with E-state index >= 15 is 0 Å². The Morgan fingerprint density at radius 2 is 2.26 bits per heavy atom. The zero-order valence-electron chi connectivity index (χ0n) is 14.1. The number of nitrogens with one attached hydrogen (secondary N) is 2. The molecule has 1 unspecified atom stereocenters. The van der Waals surface area contributed by atoms with E-state index in [1.165, 1.54) is 4.88 Å². The molecule has 5 nitrogen and oxygen atoms in total. The van der Waals surface area contributed by atoms with Crippen LogP contribution in [-0.2, 0) is 4.74 Å². The molecule has 1 aliphatic rings. The third-order valence-electron chi connectivity index (χ3n) is 3.72. The third kappa shape index (κ3) is 6.33. The number of ether oxygens (including phenoxy) is 1. The van der Waals surface area contributed by atoms with Gasteiger partial charge in [-0.3, -0.25) is 9.89 Å². The Morgan fingerprint density at radius 3 is 2.91 bits per heavy atom. The molecule has 0 spiro atoms. The standard InChI is InChI=1S/C16H28N4OS2/c1-3-17-16(18-6-12-22-2)19-13-14(15-5-4-11-23-15)20-7-9-21-10-8-20/h4-5,11,14H,3,6-10,12-13H2,1-2H3,(H2,17,18,19). The molecule has 1 atom stereocenters. The van der Waals surface area contributed by atoms with E-state index in [2.05, 4.69) is 46.2 Å². The van der Waals surface area contributed by atoms with Gasteiger partial charge in [0.05, 0.1) is 25.8 Å². The zero-order valence-corrected chi connectivity index (χ0v) is 15.7. The van der Waals surface area contributed by atoms with Gasteiger partial charge in [0.15, 0.2) is 5.96 Å². The van der Waals surface area contributed by atoms with E-state index in [0.717, 1.165) is 57.6 Å². The highest BCUT2D eigenvalue weighted by Crippen LogP contribution is 2.26. The minimum absolute atomic E-state index is 0.343. The van der Waals surface area contributed by atoms with E-state index in [9.17, 15) is 0 Å². The fourth-order valence-corrected chi connectivity index (χ4v) is 3.70. The Hall–Kier alpha value is -0.760. The molecule has 0 amide bonds. The summed E-state index contributed by atoms with van der Waals surface area (Å²) in [6.07, 6.45) is 2.12. The van der Waals surface area contributed by atoms with Crippen LogP contribution in [0.4, 0.5) is 0 Å². The van der Waals surface area contributed by atoms with Gasteiger partial charge in [0.25, 0.3) is 0 Å². The molecule has 0 radical (unpaired) electrons. The minimum Gasteiger partial charge on any atom is -0.379 e. The Kier molecular flexibility index (Phi) is 8.81. The summed E-state index contributed by atoms with van der Waals surface area (Å²) in [4.78, 5) is 8.70. The third-order valence-corrected chi connectivity index (χ3v) is 5.31. The van der Waals surface area contributed by atoms with Crippen molar-refractivity contribution >= 4 is 29.1 Å². The van der Waals surface area contributed by atoms with Gasteiger partial charge < -0.3 is 15.4 Å². The van der Waals surface area contributed by atoms with E-state index in [-0.39, 0.29) is 0 Å². The van der Waals surface area contributed by atoms with Gasteiger partial charge in [-0.2, -0.15) is 11.8 Å². The Labute approximate surface area is 147 Å². The lowest BCUT2D eigenvalue weighted by Crippen LogP contribution is -2.42. The van der Waals surface area contributed by atoms with Gasteiger partial charge in [-0.05, 0) is 24.6 Å². The summed E-state index contributed by atoms with van der Waals surface area (Å²) in [6.45, 7) is 8.29. The van der Waals surface area contributed by atoms with Crippen LogP contribution in [0.5, 0.6) is 0 Å². The first-order valence-electron chi connectivity index (χ1n) is 8.21. The minimum atomic E-state index is 0.343. The highest BCUT2D eigenvalue weighted by atomic mass is 32.2. The summed E-state index contributed by atoms with van der Waals surface area (Å²) in [7, 11) is 0. The van der Waals surface area contributed by atoms with Crippen LogP contribution >= 0.6 is 23.1 Å². The molecule has 130 valence electrons. The Balaban J connectivity index is 2.01. The van der Waals surface area contributed by atoms with Crippen LogP contribution in [0.2, 0.25) is 0 Å². The van der Waals surface area contributed by atoms with Crippen molar-refractivity contribution in [3.05, 3.63) is 22.4 Å². The Morgan fingerprint density at radius 1 is 1.43 bits per heavy atom. The SMILES string of the molecule is CCNC(=NCC(c1cccs1)N1CCOCC1)NCCSC. The molecule has 1 aromatic heterocycles. The van der Waals surface area contributed by atoms with Crippen LogP contribution < -0.4 is 10.6 Å². The number of nitrogens with zero attached hydrogens (tertiary/aromatic N) is 2. The number of hydrogen-bond acceptors (Lipinski definition) is 5. The van der Waals surface area contributed by atoms with E-state index < -0.39 is 0 Å². The van der Waals surface area contributed by atoms with E-state index in [1.54, 1.807) is 0 Å². The molecule has 1 saturated heterocycles. The second-order valence-corrected chi connectivity index (χ2v) is 7.28. The second-order valence-electron chi connectivity index (χ2n) is 5.32. The molecule has 1 fully saturated rings. The lowest BCUT2D eigenvalue weighted by atomic mass is 10.2. The molecule has 0 aromatic carbocycles. The van der Waals surface area contributed by atoms with E-state index in [4.69, 9.17) is 9.73 Å². The highest BCUT2D eigenvalue weighted by molar-refractivity contribution is 7.98. The number of hydrogen-bond donors (Lipinski definition) is 2. The monoisotopic (exact) mass is 356 g/mol. The fraction of sp³-hybridized carbons (Fsp3) is 0.688. The topological polar surface area (TPSA) is 48.9 Å². The molecule has 0 saturated carbocycles. The molecular weight excluding hydrogens is 328 g/mol. The van der Waals surface area contributed by atoms with E-state index in [1.807, 2.05) is 23.1 Å². The maximum atomic E-state index is 5.50. The summed E-state index contributed by atoms with van der Waals surface area (Å²) in [6, 6.07) is 4.68. The zero-order chi connectivity index (χ0) is 16.3. The quantitative estimate of drug-likeness (QED) is 0.424. The van der Waals surface area contributed by atoms with Crippen LogP contribution in [0.25, 0.3) is 0 Å². The van der Waals surface area contributed by atoms with Gasteiger partial charge in [0.1, 0.15) is 0 Å². The summed E-state index contributed by atoms with van der Waals surface area (Å²) in [5.74, 6) is 2.00. The molecule has 2 heterocycles. The van der Waals surface area contributed by atoms with Gasteiger partial charge in [-0.1, -0.05) is 6.07 Å². The molecule has 0 aliphatic carbocycles. The number of thiophene rings is 1. The lowest BCUT2D eigenvalue weighted by molar-refractivity contribution is 0.0186. The smallest absolute Gasteiger partial charge is 0.191 e. The normalized spacial score (nSPS) is 17.9. The van der Waals surface area contributed by atoms with Crippen molar-refractivity contribution in [3.63, 3.8) is 0 Å². The average molecular weight is 357 g/mol. The predicted octanol–water partition coefficient (Wildman–Crippen LogP) is 2.04. The number of guanidine groups is 1. The molecule has 0 bridgehead atoms. The summed E-state index contributed by atoms with van der Waals surface area (Å²) in [5.41, 5.74) is 0. The van der Waals surface area contributed by atoms with Gasteiger partial charge in [0.2, 0.25) is 0 Å². The summed E-state index contributed by atoms with van der Waals surface area (Å²) >= 11 is 3.66. The van der Waals surface area contributed by atoms with Gasteiger partial charge in [-0.25, -0.2) is 0 Å². The molecule has 1 aliphatic heterocycles. The Bertz CT molecular complexity index is 447. The van der Waals surface area contributed by atoms with Crippen molar-refractivity contribution in [3.8, 4) is 0 Å². The van der Waals surface area contributed by atoms with Crippen LogP contribution in [0, 0.1) is 0 Å². The molecule has 7 heteroatoms. The maximum Gasteiger partial charge on any atom is 0.191 e. The van der Waals surface area contributed by atoms with Crippen LogP contribution in [0.1, 0.15) is 17.8 Å². The molecule has 23 heavy (non-hydrogen) atoms. The van der Waals surface area contributed by atoms with Gasteiger partial charge >= 0.3 is 0 Å². The number of morpholine rings is 1. The van der Waals surface area contributed by atoms with Crippen LogP contribution in [-0.4, -0.2) is 68.8 Å². The number of rotatable bonds is 8. The van der Waals surface area contributed by atoms with Crippen molar-refractivity contribution in [2.45, 2.75) is 13.0 Å². The van der Waals surface area contributed by atoms with Crippen molar-refractivity contribution in [1.29, 1.82) is 0 Å². The number of thioether (sulfide) groups is 1. The predicted molar refractivity (Wildman–Crippen MR) is 102 cm³/mol. The second kappa shape index (κ2) is 10.9. The molecule has 1 aromatic rings. The molecule has 2 N–H and O–H groups in total. The first-order valence-corrected chi connectivity index (χ1v) is 10.5. The maximum absolute atomic E-state index is 5.50. The van der Waals surface area contributed by atoms with Crippen molar-refractivity contribution < 1.29 is 4.74 Å². The number of aliphatic imine (C=N–C) groups is 1. The van der Waals surface area contributed by atoms with Gasteiger partial charge in [-0.15, -0.1) is 11.3 Å². The summed E-state index contributed by atoms with van der Waals surface area (Å²) in [5, 5.41) is 8.89. The highest BCUT2D eigenvalue weighted by Gasteiger charge is 2.23. The van der Waals surface area contributed by atoms with Crippen molar-refractivity contribution in [2.24, 2.45) is 4.99 Å². The molecular formula is C16H28N4OS2. The van der Waals surface area contributed by atoms with Gasteiger partial charge in [0, 0.05) is 36.8 Å². The van der Waals surface area contributed by atoms with Crippen LogP contribution in [0.15, 0.2) is 22.5 Å².